The second kappa shape index (κ2) is 9.36. The van der Waals surface area contributed by atoms with Crippen molar-refractivity contribution in [2.45, 2.75) is 38.1 Å². The van der Waals surface area contributed by atoms with Crippen LogP contribution >= 0.6 is 0 Å². The molecule has 2 aromatic carbocycles. The molecular weight excluding hydrogens is 382 g/mol. The van der Waals surface area contributed by atoms with Gasteiger partial charge in [-0.1, -0.05) is 29.8 Å². The number of benzene rings is 2. The Balaban J connectivity index is 2.16. The third-order valence-corrected chi connectivity index (χ3v) is 5.11. The molecule has 1 atom stereocenters. The number of esters is 1. The fraction of sp³-hybridized carbons (Fsp3) is 0.300. The monoisotopic (exact) mass is 405 g/mol. The van der Waals surface area contributed by atoms with Crippen LogP contribution in [0.5, 0.6) is 5.75 Å². The maximum atomic E-state index is 12.4. The molecule has 8 heteroatoms. The normalized spacial score (nSPS) is 12.1. The van der Waals surface area contributed by atoms with E-state index in [1.54, 1.807) is 31.2 Å². The van der Waals surface area contributed by atoms with Crippen LogP contribution in [0.25, 0.3) is 0 Å². The Morgan fingerprint density at radius 1 is 1.04 bits per heavy atom. The van der Waals surface area contributed by atoms with Gasteiger partial charge in [0, 0.05) is 6.92 Å². The first-order valence-corrected chi connectivity index (χ1v) is 10.2. The van der Waals surface area contributed by atoms with Crippen molar-refractivity contribution in [2.24, 2.45) is 0 Å². The van der Waals surface area contributed by atoms with Gasteiger partial charge < -0.3 is 14.2 Å². The number of aryl methyl sites for hydroxylation is 1. The number of rotatable bonds is 8. The third-order valence-electron chi connectivity index (χ3n) is 3.85. The van der Waals surface area contributed by atoms with Crippen LogP contribution in [0.4, 0.5) is 0 Å². The fourth-order valence-electron chi connectivity index (χ4n) is 2.52. The molecule has 150 valence electrons. The molecule has 0 aliphatic heterocycles. The van der Waals surface area contributed by atoms with Crippen molar-refractivity contribution in [3.8, 4) is 5.75 Å². The van der Waals surface area contributed by atoms with Gasteiger partial charge in [0.15, 0.2) is 0 Å². The topological polar surface area (TPSA) is 98.8 Å². The van der Waals surface area contributed by atoms with Crippen molar-refractivity contribution in [3.05, 3.63) is 59.7 Å². The Hall–Kier alpha value is -2.87. The molecule has 1 amide bonds. The lowest BCUT2D eigenvalue weighted by molar-refractivity contribution is -0.143. The minimum atomic E-state index is -3.95. The highest BCUT2D eigenvalue weighted by Gasteiger charge is 2.20. The maximum Gasteiger partial charge on any atom is 0.339 e. The molecule has 0 aliphatic rings. The van der Waals surface area contributed by atoms with Gasteiger partial charge in [0.2, 0.25) is 5.91 Å². The minimum absolute atomic E-state index is 0.0325. The van der Waals surface area contributed by atoms with Crippen LogP contribution in [-0.2, 0) is 24.4 Å². The number of carbonyl (C=O) groups is 2. The summed E-state index contributed by atoms with van der Waals surface area (Å²) in [7, 11) is -3.95. The Morgan fingerprint density at radius 2 is 1.64 bits per heavy atom. The smallest absolute Gasteiger partial charge is 0.339 e. The van der Waals surface area contributed by atoms with Crippen LogP contribution in [0.3, 0.4) is 0 Å². The number of ether oxygens (including phenoxy) is 1. The van der Waals surface area contributed by atoms with Crippen LogP contribution in [0.15, 0.2) is 53.4 Å². The van der Waals surface area contributed by atoms with Gasteiger partial charge in [0.1, 0.15) is 10.6 Å². The summed E-state index contributed by atoms with van der Waals surface area (Å²) in [5.41, 5.74) is 1.57. The van der Waals surface area contributed by atoms with E-state index < -0.39 is 22.1 Å². The highest BCUT2D eigenvalue weighted by atomic mass is 32.2. The average molecular weight is 405 g/mol. The molecule has 0 aliphatic carbocycles. The molecular formula is C20H23NO6S. The lowest BCUT2D eigenvalue weighted by atomic mass is 10.0. The number of hydrogen-bond acceptors (Lipinski definition) is 6. The Labute approximate surface area is 164 Å². The summed E-state index contributed by atoms with van der Waals surface area (Å²) in [5.74, 6) is -0.609. The summed E-state index contributed by atoms with van der Waals surface area (Å²) >= 11 is 0. The van der Waals surface area contributed by atoms with Crippen LogP contribution < -0.4 is 9.50 Å². The molecule has 0 saturated carbocycles. The molecule has 0 spiro atoms. The van der Waals surface area contributed by atoms with Gasteiger partial charge in [-0.05, 0) is 43.7 Å². The Kier molecular flexibility index (Phi) is 7.17. The first-order valence-electron chi connectivity index (χ1n) is 8.75. The molecule has 0 bridgehead atoms. The molecule has 2 aromatic rings. The van der Waals surface area contributed by atoms with Crippen LogP contribution in [-0.4, -0.2) is 26.9 Å². The first kappa shape index (κ1) is 21.4. The van der Waals surface area contributed by atoms with Crippen molar-refractivity contribution >= 4 is 22.0 Å². The summed E-state index contributed by atoms with van der Waals surface area (Å²) in [4.78, 5) is 23.3. The second-order valence-corrected chi connectivity index (χ2v) is 7.73. The summed E-state index contributed by atoms with van der Waals surface area (Å²) < 4.78 is 34.8. The second-order valence-electron chi connectivity index (χ2n) is 6.18. The minimum Gasteiger partial charge on any atom is -0.466 e. The lowest BCUT2D eigenvalue weighted by Gasteiger charge is -2.18. The Bertz CT molecular complexity index is 920. The van der Waals surface area contributed by atoms with Crippen molar-refractivity contribution in [2.75, 3.05) is 6.61 Å². The maximum absolute atomic E-state index is 12.4. The third kappa shape index (κ3) is 6.09. The number of carbonyl (C=O) groups excluding carboxylic acids is 2. The zero-order chi connectivity index (χ0) is 20.7. The van der Waals surface area contributed by atoms with Gasteiger partial charge >= 0.3 is 16.1 Å². The average Bonchev–Trinajstić information content (AvgIpc) is 2.61. The molecule has 1 N–H and O–H groups in total. The fourth-order valence-corrected chi connectivity index (χ4v) is 3.45. The molecule has 1 unspecified atom stereocenters. The predicted molar refractivity (Wildman–Crippen MR) is 103 cm³/mol. The van der Waals surface area contributed by atoms with Gasteiger partial charge in [-0.2, -0.15) is 8.42 Å². The molecule has 0 saturated heterocycles. The van der Waals surface area contributed by atoms with Gasteiger partial charge in [0.05, 0.1) is 19.1 Å². The largest absolute Gasteiger partial charge is 0.466 e. The van der Waals surface area contributed by atoms with Gasteiger partial charge in [-0.15, -0.1) is 0 Å². The van der Waals surface area contributed by atoms with Gasteiger partial charge in [-0.25, -0.2) is 0 Å². The molecule has 0 radical (unpaired) electrons. The van der Waals surface area contributed by atoms with E-state index in [1.807, 2.05) is 6.92 Å². The van der Waals surface area contributed by atoms with E-state index in [4.69, 9.17) is 8.92 Å². The van der Waals surface area contributed by atoms with E-state index >= 15 is 0 Å². The molecule has 28 heavy (non-hydrogen) atoms. The summed E-state index contributed by atoms with van der Waals surface area (Å²) in [6.45, 7) is 5.16. The molecule has 2 rings (SSSR count). The first-order chi connectivity index (χ1) is 13.2. The number of hydrogen-bond donors (Lipinski definition) is 1. The summed E-state index contributed by atoms with van der Waals surface area (Å²) in [6, 6.07) is 11.9. The highest BCUT2D eigenvalue weighted by molar-refractivity contribution is 7.87. The van der Waals surface area contributed by atoms with Gasteiger partial charge in [0.25, 0.3) is 0 Å². The van der Waals surface area contributed by atoms with Crippen molar-refractivity contribution in [3.63, 3.8) is 0 Å². The van der Waals surface area contributed by atoms with Crippen LogP contribution in [0.1, 0.15) is 37.4 Å². The van der Waals surface area contributed by atoms with E-state index in [0.29, 0.717) is 5.56 Å². The van der Waals surface area contributed by atoms with E-state index in [0.717, 1.165) is 5.56 Å². The highest BCUT2D eigenvalue weighted by Crippen LogP contribution is 2.23. The van der Waals surface area contributed by atoms with E-state index in [-0.39, 0.29) is 29.6 Å². The molecule has 0 aromatic heterocycles. The van der Waals surface area contributed by atoms with Crippen LogP contribution in [0, 0.1) is 6.92 Å². The lowest BCUT2D eigenvalue weighted by Crippen LogP contribution is -2.28. The van der Waals surface area contributed by atoms with Crippen LogP contribution in [0.2, 0.25) is 0 Å². The number of nitrogens with one attached hydrogen (secondary N) is 1. The standard InChI is InChI=1S/C20H23NO6S/c1-4-26-20(23)13-19(21-15(3)22)16-7-9-17(10-8-16)27-28(24,25)18-11-5-14(2)6-12-18/h5-12,19H,4,13H2,1-3H3,(H,21,22). The Morgan fingerprint density at radius 3 is 2.18 bits per heavy atom. The quantitative estimate of drug-likeness (QED) is 0.536. The van der Waals surface area contributed by atoms with E-state index in [9.17, 15) is 18.0 Å². The number of amides is 1. The SMILES string of the molecule is CCOC(=O)CC(NC(C)=O)c1ccc(OS(=O)(=O)c2ccc(C)cc2)cc1. The van der Waals surface area contributed by atoms with Crippen molar-refractivity contribution < 1.29 is 26.9 Å². The molecule has 7 nitrogen and oxygen atoms in total. The summed E-state index contributed by atoms with van der Waals surface area (Å²) in [6.07, 6.45) is -0.0325. The van der Waals surface area contributed by atoms with E-state index in [2.05, 4.69) is 5.32 Å². The molecule has 0 heterocycles. The molecule has 0 fully saturated rings. The van der Waals surface area contributed by atoms with Crippen molar-refractivity contribution in [1.29, 1.82) is 0 Å². The predicted octanol–water partition coefficient (Wildman–Crippen LogP) is 2.89. The van der Waals surface area contributed by atoms with E-state index in [1.165, 1.54) is 31.2 Å². The summed E-state index contributed by atoms with van der Waals surface area (Å²) in [5, 5.41) is 2.69. The van der Waals surface area contributed by atoms with Crippen molar-refractivity contribution in [1.82, 2.24) is 5.32 Å². The van der Waals surface area contributed by atoms with Gasteiger partial charge in [-0.3, -0.25) is 9.59 Å². The zero-order valence-corrected chi connectivity index (χ0v) is 16.8. The zero-order valence-electron chi connectivity index (χ0n) is 16.0.